The van der Waals surface area contributed by atoms with Crippen LogP contribution in [0.1, 0.15) is 29.3 Å². The highest BCUT2D eigenvalue weighted by Crippen LogP contribution is 2.26. The average Bonchev–Trinajstić information content (AvgIpc) is 3.42. The molecular weight excluding hydrogens is 366 g/mol. The van der Waals surface area contributed by atoms with Crippen LogP contribution in [0.15, 0.2) is 57.5 Å². The molecule has 6 nitrogen and oxygen atoms in total. The van der Waals surface area contributed by atoms with Crippen molar-refractivity contribution in [3.63, 3.8) is 0 Å². The number of para-hydroxylation sites is 1. The number of hydrogen-bond donors (Lipinski definition) is 0. The van der Waals surface area contributed by atoms with Crippen molar-refractivity contribution in [3.8, 4) is 5.69 Å². The summed E-state index contributed by atoms with van der Waals surface area (Å²) in [6.07, 6.45) is 1.51. The van der Waals surface area contributed by atoms with Gasteiger partial charge in [-0.15, -0.1) is 21.5 Å². The molecule has 3 aromatic heterocycles. The first-order valence-corrected chi connectivity index (χ1v) is 10.2. The van der Waals surface area contributed by atoms with Crippen molar-refractivity contribution in [2.24, 2.45) is 0 Å². The number of hydrogen-bond acceptors (Lipinski definition) is 7. The second-order valence-corrected chi connectivity index (χ2v) is 7.55. The van der Waals surface area contributed by atoms with Crippen LogP contribution in [0.25, 0.3) is 5.69 Å². The highest BCUT2D eigenvalue weighted by atomic mass is 32.2. The van der Waals surface area contributed by atoms with Crippen molar-refractivity contribution >= 4 is 23.1 Å². The lowest BCUT2D eigenvalue weighted by Gasteiger charge is -2.09. The number of aryl methyl sites for hydroxylation is 1. The lowest BCUT2D eigenvalue weighted by atomic mass is 10.3. The number of nitrogens with zero attached hydrogens (tertiary/aromatic N) is 5. The molecule has 0 N–H and O–H groups in total. The van der Waals surface area contributed by atoms with Crippen molar-refractivity contribution in [1.82, 2.24) is 24.9 Å². The van der Waals surface area contributed by atoms with Crippen LogP contribution in [0.3, 0.4) is 0 Å². The lowest BCUT2D eigenvalue weighted by Crippen LogP contribution is -2.03. The predicted molar refractivity (Wildman–Crippen MR) is 102 cm³/mol. The van der Waals surface area contributed by atoms with Crippen LogP contribution >= 0.6 is 23.1 Å². The first-order valence-electron chi connectivity index (χ1n) is 8.30. The highest BCUT2D eigenvalue weighted by molar-refractivity contribution is 7.98. The molecule has 26 heavy (non-hydrogen) atoms. The van der Waals surface area contributed by atoms with E-state index < -0.39 is 0 Å². The Labute approximate surface area is 159 Å². The molecule has 0 saturated heterocycles. The van der Waals surface area contributed by atoms with E-state index in [4.69, 9.17) is 4.52 Å². The molecule has 0 radical (unpaired) electrons. The molecule has 0 unspecified atom stereocenters. The summed E-state index contributed by atoms with van der Waals surface area (Å²) >= 11 is 3.27. The maximum absolute atomic E-state index is 5.28. The molecule has 0 aliphatic carbocycles. The Morgan fingerprint density at radius 1 is 1.12 bits per heavy atom. The van der Waals surface area contributed by atoms with Gasteiger partial charge in [-0.3, -0.25) is 4.57 Å². The van der Waals surface area contributed by atoms with E-state index in [1.807, 2.05) is 25.1 Å². The molecule has 0 saturated carbocycles. The summed E-state index contributed by atoms with van der Waals surface area (Å²) in [5.41, 5.74) is 1.05. The van der Waals surface area contributed by atoms with Gasteiger partial charge in [-0.05, 0) is 23.6 Å². The summed E-state index contributed by atoms with van der Waals surface area (Å²) in [4.78, 5) is 5.62. The van der Waals surface area contributed by atoms with E-state index in [1.54, 1.807) is 23.1 Å². The Kier molecular flexibility index (Phi) is 5.12. The van der Waals surface area contributed by atoms with Crippen molar-refractivity contribution in [1.29, 1.82) is 0 Å². The van der Waals surface area contributed by atoms with Gasteiger partial charge in [0.2, 0.25) is 5.89 Å². The normalized spacial score (nSPS) is 11.1. The molecule has 8 heteroatoms. The van der Waals surface area contributed by atoms with Crippen LogP contribution < -0.4 is 0 Å². The number of rotatable bonds is 7. The largest absolute Gasteiger partial charge is 0.338 e. The molecule has 0 bridgehead atoms. The molecule has 0 atom stereocenters. The molecule has 4 rings (SSSR count). The van der Waals surface area contributed by atoms with E-state index in [9.17, 15) is 0 Å². The van der Waals surface area contributed by atoms with Gasteiger partial charge in [0.15, 0.2) is 11.0 Å². The SMILES string of the molecule is CCc1noc(CSc2nnc(Cc3cccs3)n2-c2ccccc2)n1. The maximum atomic E-state index is 5.28. The molecule has 0 fully saturated rings. The highest BCUT2D eigenvalue weighted by Gasteiger charge is 2.16. The van der Waals surface area contributed by atoms with Gasteiger partial charge in [-0.25, -0.2) is 0 Å². The van der Waals surface area contributed by atoms with Crippen molar-refractivity contribution < 1.29 is 4.52 Å². The van der Waals surface area contributed by atoms with Gasteiger partial charge in [-0.2, -0.15) is 4.98 Å². The van der Waals surface area contributed by atoms with E-state index in [-0.39, 0.29) is 0 Å². The van der Waals surface area contributed by atoms with Crippen molar-refractivity contribution in [3.05, 3.63) is 70.3 Å². The zero-order chi connectivity index (χ0) is 17.8. The van der Waals surface area contributed by atoms with E-state index in [1.165, 1.54) is 4.88 Å². The van der Waals surface area contributed by atoms with E-state index in [0.29, 0.717) is 11.6 Å². The van der Waals surface area contributed by atoms with Gasteiger partial charge < -0.3 is 4.52 Å². The number of thiophene rings is 1. The van der Waals surface area contributed by atoms with E-state index >= 15 is 0 Å². The Balaban J connectivity index is 1.62. The predicted octanol–water partition coefficient (Wildman–Crippen LogP) is 4.16. The van der Waals surface area contributed by atoms with Gasteiger partial charge in [-0.1, -0.05) is 48.1 Å². The molecular formula is C18H17N5OS2. The Morgan fingerprint density at radius 3 is 2.73 bits per heavy atom. The summed E-state index contributed by atoms with van der Waals surface area (Å²) < 4.78 is 7.38. The average molecular weight is 384 g/mol. The lowest BCUT2D eigenvalue weighted by molar-refractivity contribution is 0.385. The first kappa shape index (κ1) is 17.0. The molecule has 0 amide bonds. The van der Waals surface area contributed by atoms with Crippen LogP contribution in [-0.4, -0.2) is 24.9 Å². The van der Waals surface area contributed by atoms with Crippen LogP contribution in [-0.2, 0) is 18.6 Å². The monoisotopic (exact) mass is 383 g/mol. The van der Waals surface area contributed by atoms with Crippen molar-refractivity contribution in [2.75, 3.05) is 0 Å². The summed E-state index contributed by atoms with van der Waals surface area (Å²) in [5, 5.41) is 15.7. The third-order valence-corrected chi connectivity index (χ3v) is 5.57. The van der Waals surface area contributed by atoms with E-state index in [2.05, 4.69) is 54.6 Å². The molecule has 4 aromatic rings. The zero-order valence-corrected chi connectivity index (χ0v) is 15.8. The minimum absolute atomic E-state index is 0.566. The fraction of sp³-hybridized carbons (Fsp3) is 0.222. The number of benzene rings is 1. The summed E-state index contributed by atoms with van der Waals surface area (Å²) in [6.45, 7) is 2.00. The maximum Gasteiger partial charge on any atom is 0.237 e. The number of aromatic nitrogens is 5. The zero-order valence-electron chi connectivity index (χ0n) is 14.2. The molecule has 3 heterocycles. The van der Waals surface area contributed by atoms with Crippen molar-refractivity contribution in [2.45, 2.75) is 30.7 Å². The van der Waals surface area contributed by atoms with Gasteiger partial charge in [0, 0.05) is 23.4 Å². The third kappa shape index (κ3) is 3.71. The van der Waals surface area contributed by atoms with Gasteiger partial charge >= 0.3 is 0 Å². The smallest absolute Gasteiger partial charge is 0.237 e. The second-order valence-electron chi connectivity index (χ2n) is 5.57. The van der Waals surface area contributed by atoms with Crippen LogP contribution in [0.4, 0.5) is 0 Å². The van der Waals surface area contributed by atoms with Crippen LogP contribution in [0.5, 0.6) is 0 Å². The minimum atomic E-state index is 0.566. The quantitative estimate of drug-likeness (QED) is 0.446. The van der Waals surface area contributed by atoms with Crippen LogP contribution in [0, 0.1) is 0 Å². The molecule has 1 aromatic carbocycles. The Hall–Kier alpha value is -2.45. The van der Waals surface area contributed by atoms with Gasteiger partial charge in [0.25, 0.3) is 0 Å². The molecule has 0 aliphatic heterocycles. The topological polar surface area (TPSA) is 69.6 Å². The van der Waals surface area contributed by atoms with Gasteiger partial charge in [0.05, 0.1) is 5.75 Å². The number of thioether (sulfide) groups is 1. The molecule has 0 aliphatic rings. The summed E-state index contributed by atoms with van der Waals surface area (Å²) in [6, 6.07) is 14.3. The first-order chi connectivity index (χ1) is 12.8. The minimum Gasteiger partial charge on any atom is -0.338 e. The Morgan fingerprint density at radius 2 is 2.00 bits per heavy atom. The fourth-order valence-corrected chi connectivity index (χ4v) is 4.04. The molecule has 132 valence electrons. The fourth-order valence-electron chi connectivity index (χ4n) is 2.53. The van der Waals surface area contributed by atoms with Gasteiger partial charge in [0.1, 0.15) is 5.82 Å². The third-order valence-electron chi connectivity index (χ3n) is 3.78. The standard InChI is InChI=1S/C18H17N5OS2/c1-2-15-19-17(24-22-15)12-26-18-21-20-16(11-14-9-6-10-25-14)23(18)13-7-4-3-5-8-13/h3-10H,2,11-12H2,1H3. The second kappa shape index (κ2) is 7.84. The summed E-state index contributed by atoms with van der Waals surface area (Å²) in [5.74, 6) is 2.82. The molecule has 0 spiro atoms. The van der Waals surface area contributed by atoms with Crippen LogP contribution in [0.2, 0.25) is 0 Å². The Bertz CT molecular complexity index is 963. The summed E-state index contributed by atoms with van der Waals surface area (Å²) in [7, 11) is 0. The van der Waals surface area contributed by atoms with E-state index in [0.717, 1.165) is 35.3 Å².